The highest BCUT2D eigenvalue weighted by Crippen LogP contribution is 2.30. The SMILES string of the molecule is COc1ccc(/C(=C\c2cccc3ccccc23)c2ccc(C(C)=O)cc2)cc1. The average molecular weight is 378 g/mol. The Morgan fingerprint density at radius 3 is 1.97 bits per heavy atom. The van der Waals surface area contributed by atoms with Gasteiger partial charge in [0.05, 0.1) is 7.11 Å². The minimum Gasteiger partial charge on any atom is -0.497 e. The molecule has 4 aromatic rings. The van der Waals surface area contributed by atoms with Crippen LogP contribution in [0, 0.1) is 0 Å². The molecule has 0 unspecified atom stereocenters. The summed E-state index contributed by atoms with van der Waals surface area (Å²) in [6.07, 6.45) is 2.22. The first-order valence-corrected chi connectivity index (χ1v) is 9.61. The van der Waals surface area contributed by atoms with E-state index in [9.17, 15) is 4.79 Å². The number of ether oxygens (including phenoxy) is 1. The maximum Gasteiger partial charge on any atom is 0.159 e. The molecule has 0 bridgehead atoms. The fourth-order valence-corrected chi connectivity index (χ4v) is 3.52. The van der Waals surface area contributed by atoms with Crippen LogP contribution in [0.5, 0.6) is 5.75 Å². The predicted molar refractivity (Wildman–Crippen MR) is 120 cm³/mol. The van der Waals surface area contributed by atoms with E-state index in [1.54, 1.807) is 14.0 Å². The lowest BCUT2D eigenvalue weighted by Crippen LogP contribution is -1.94. The maximum absolute atomic E-state index is 11.7. The maximum atomic E-state index is 11.7. The monoisotopic (exact) mass is 378 g/mol. The van der Waals surface area contributed by atoms with Gasteiger partial charge in [0.1, 0.15) is 5.75 Å². The van der Waals surface area contributed by atoms with Gasteiger partial charge in [-0.1, -0.05) is 78.9 Å². The number of carbonyl (C=O) groups is 1. The fourth-order valence-electron chi connectivity index (χ4n) is 3.52. The molecule has 0 fully saturated rings. The molecule has 29 heavy (non-hydrogen) atoms. The van der Waals surface area contributed by atoms with E-state index in [4.69, 9.17) is 4.74 Å². The second-order valence-electron chi connectivity index (χ2n) is 6.99. The highest BCUT2D eigenvalue weighted by atomic mass is 16.5. The smallest absolute Gasteiger partial charge is 0.159 e. The summed E-state index contributed by atoms with van der Waals surface area (Å²) in [7, 11) is 1.67. The molecule has 0 aliphatic heterocycles. The van der Waals surface area contributed by atoms with Gasteiger partial charge in [0, 0.05) is 5.56 Å². The minimum atomic E-state index is 0.0700. The van der Waals surface area contributed by atoms with Gasteiger partial charge in [0.2, 0.25) is 0 Å². The zero-order valence-electron chi connectivity index (χ0n) is 16.6. The average Bonchev–Trinajstić information content (AvgIpc) is 2.78. The highest BCUT2D eigenvalue weighted by Gasteiger charge is 2.09. The molecular formula is C27H22O2. The van der Waals surface area contributed by atoms with E-state index in [1.807, 2.05) is 36.4 Å². The van der Waals surface area contributed by atoms with Crippen molar-refractivity contribution in [3.8, 4) is 5.75 Å². The molecule has 4 aromatic carbocycles. The summed E-state index contributed by atoms with van der Waals surface area (Å²) in [5, 5.41) is 2.42. The van der Waals surface area contributed by atoms with Crippen LogP contribution in [0.2, 0.25) is 0 Å². The van der Waals surface area contributed by atoms with E-state index >= 15 is 0 Å². The first kappa shape index (κ1) is 18.7. The number of hydrogen-bond acceptors (Lipinski definition) is 2. The van der Waals surface area contributed by atoms with Gasteiger partial charge >= 0.3 is 0 Å². The van der Waals surface area contributed by atoms with E-state index < -0.39 is 0 Å². The number of rotatable bonds is 5. The summed E-state index contributed by atoms with van der Waals surface area (Å²) >= 11 is 0. The van der Waals surface area contributed by atoms with Crippen LogP contribution in [0.15, 0.2) is 91.0 Å². The number of hydrogen-bond donors (Lipinski definition) is 0. The summed E-state index contributed by atoms with van der Waals surface area (Å²) < 4.78 is 5.32. The molecule has 0 aromatic heterocycles. The fraction of sp³-hybridized carbons (Fsp3) is 0.0741. The Hall–Kier alpha value is -3.65. The summed E-state index contributed by atoms with van der Waals surface area (Å²) in [5.41, 5.74) is 5.12. The largest absolute Gasteiger partial charge is 0.497 e. The van der Waals surface area contributed by atoms with Crippen molar-refractivity contribution in [1.82, 2.24) is 0 Å². The van der Waals surface area contributed by atoms with Crippen molar-refractivity contribution in [2.45, 2.75) is 6.92 Å². The van der Waals surface area contributed by atoms with Crippen molar-refractivity contribution in [3.05, 3.63) is 113 Å². The highest BCUT2D eigenvalue weighted by molar-refractivity contribution is 6.00. The van der Waals surface area contributed by atoms with Gasteiger partial charge in [-0.3, -0.25) is 4.79 Å². The van der Waals surface area contributed by atoms with Gasteiger partial charge in [-0.25, -0.2) is 0 Å². The predicted octanol–water partition coefficient (Wildman–Crippen LogP) is 6.64. The zero-order valence-corrected chi connectivity index (χ0v) is 16.6. The molecule has 0 N–H and O–H groups in total. The molecule has 2 heteroatoms. The number of carbonyl (C=O) groups excluding carboxylic acids is 1. The summed E-state index contributed by atoms with van der Waals surface area (Å²) in [4.78, 5) is 11.7. The van der Waals surface area contributed by atoms with Gasteiger partial charge in [-0.15, -0.1) is 0 Å². The summed E-state index contributed by atoms with van der Waals surface area (Å²) in [6, 6.07) is 30.6. The van der Waals surface area contributed by atoms with Crippen LogP contribution >= 0.6 is 0 Å². The molecule has 2 nitrogen and oxygen atoms in total. The van der Waals surface area contributed by atoms with Crippen LogP contribution in [-0.4, -0.2) is 12.9 Å². The molecular weight excluding hydrogens is 356 g/mol. The van der Waals surface area contributed by atoms with Crippen LogP contribution in [0.4, 0.5) is 0 Å². The van der Waals surface area contributed by atoms with E-state index in [2.05, 4.69) is 60.7 Å². The van der Waals surface area contributed by atoms with Crippen LogP contribution in [0.1, 0.15) is 34.0 Å². The van der Waals surface area contributed by atoms with E-state index in [0.29, 0.717) is 5.56 Å². The lowest BCUT2D eigenvalue weighted by atomic mass is 9.93. The minimum absolute atomic E-state index is 0.0700. The van der Waals surface area contributed by atoms with Crippen molar-refractivity contribution in [1.29, 1.82) is 0 Å². The van der Waals surface area contributed by atoms with Gasteiger partial charge in [0.15, 0.2) is 5.78 Å². The van der Waals surface area contributed by atoms with Crippen molar-refractivity contribution < 1.29 is 9.53 Å². The Labute approximate surface area is 171 Å². The quantitative estimate of drug-likeness (QED) is 0.287. The molecule has 0 aliphatic rings. The molecule has 0 heterocycles. The van der Waals surface area contributed by atoms with E-state index in [1.165, 1.54) is 10.8 Å². The molecule has 0 aliphatic carbocycles. The Bertz CT molecular complexity index is 1180. The van der Waals surface area contributed by atoms with Crippen LogP contribution in [0.25, 0.3) is 22.4 Å². The lowest BCUT2D eigenvalue weighted by molar-refractivity contribution is 0.101. The zero-order chi connectivity index (χ0) is 20.2. The molecule has 0 radical (unpaired) electrons. The third kappa shape index (κ3) is 3.97. The molecule has 142 valence electrons. The lowest BCUT2D eigenvalue weighted by Gasteiger charge is -2.12. The second-order valence-corrected chi connectivity index (χ2v) is 6.99. The number of fused-ring (bicyclic) bond motifs is 1. The molecule has 0 spiro atoms. The van der Waals surface area contributed by atoms with Gasteiger partial charge in [-0.05, 0) is 58.2 Å². The normalized spacial score (nSPS) is 11.4. The topological polar surface area (TPSA) is 26.3 Å². The van der Waals surface area contributed by atoms with E-state index in [-0.39, 0.29) is 5.78 Å². The third-order valence-electron chi connectivity index (χ3n) is 5.13. The Kier molecular flexibility index (Phi) is 5.26. The van der Waals surface area contributed by atoms with Crippen molar-refractivity contribution in [2.24, 2.45) is 0 Å². The third-order valence-corrected chi connectivity index (χ3v) is 5.13. The Balaban J connectivity index is 1.89. The Morgan fingerprint density at radius 2 is 1.31 bits per heavy atom. The van der Waals surface area contributed by atoms with Gasteiger partial charge in [-0.2, -0.15) is 0 Å². The van der Waals surface area contributed by atoms with Crippen molar-refractivity contribution >= 4 is 28.2 Å². The second kappa shape index (κ2) is 8.15. The first-order chi connectivity index (χ1) is 14.2. The number of Topliss-reactive ketones (excluding diaryl/α,β-unsaturated/α-hetero) is 1. The van der Waals surface area contributed by atoms with Crippen LogP contribution < -0.4 is 4.74 Å². The van der Waals surface area contributed by atoms with Crippen molar-refractivity contribution in [3.63, 3.8) is 0 Å². The molecule has 4 rings (SSSR count). The first-order valence-electron chi connectivity index (χ1n) is 9.61. The summed E-state index contributed by atoms with van der Waals surface area (Å²) in [6.45, 7) is 1.59. The molecule has 0 atom stereocenters. The molecule has 0 saturated heterocycles. The number of ketones is 1. The van der Waals surface area contributed by atoms with Crippen LogP contribution in [-0.2, 0) is 0 Å². The Morgan fingerprint density at radius 1 is 0.724 bits per heavy atom. The number of benzene rings is 4. The van der Waals surface area contributed by atoms with Crippen LogP contribution in [0.3, 0.4) is 0 Å². The molecule has 0 saturated carbocycles. The summed E-state index contributed by atoms with van der Waals surface area (Å²) in [5.74, 6) is 0.894. The van der Waals surface area contributed by atoms with E-state index in [0.717, 1.165) is 28.0 Å². The standard InChI is InChI=1S/C27H22O2/c1-19(28)20-10-12-22(13-11-20)27(23-14-16-25(29-2)17-15-23)18-24-8-5-7-21-6-3-4-9-26(21)24/h3-18H,1-2H3/b27-18-. The number of methoxy groups -OCH3 is 1. The molecule has 0 amide bonds. The van der Waals surface area contributed by atoms with Gasteiger partial charge in [0.25, 0.3) is 0 Å². The van der Waals surface area contributed by atoms with Gasteiger partial charge < -0.3 is 4.74 Å². The van der Waals surface area contributed by atoms with Crippen molar-refractivity contribution in [2.75, 3.05) is 7.11 Å².